The Hall–Kier alpha value is -2.12. The molecule has 0 radical (unpaired) electrons. The SMILES string of the molecule is CS(=O)(=O)Nc1cncc(C(=O)NCc2ccc(Cl)cc2)c1. The summed E-state index contributed by atoms with van der Waals surface area (Å²) in [5, 5.41) is 3.35. The van der Waals surface area contributed by atoms with E-state index in [2.05, 4.69) is 15.0 Å². The van der Waals surface area contributed by atoms with Crippen LogP contribution in [0, 0.1) is 0 Å². The highest BCUT2D eigenvalue weighted by atomic mass is 35.5. The van der Waals surface area contributed by atoms with Crippen molar-refractivity contribution in [2.45, 2.75) is 6.54 Å². The van der Waals surface area contributed by atoms with E-state index in [0.29, 0.717) is 11.6 Å². The third-order valence-corrected chi connectivity index (χ3v) is 3.53. The monoisotopic (exact) mass is 339 g/mol. The van der Waals surface area contributed by atoms with Crippen molar-refractivity contribution in [2.24, 2.45) is 0 Å². The van der Waals surface area contributed by atoms with Gasteiger partial charge >= 0.3 is 0 Å². The number of hydrogen-bond donors (Lipinski definition) is 2. The number of anilines is 1. The molecule has 0 aliphatic rings. The van der Waals surface area contributed by atoms with Gasteiger partial charge in [0.1, 0.15) is 0 Å². The van der Waals surface area contributed by atoms with Crippen molar-refractivity contribution >= 4 is 33.2 Å². The number of nitrogens with one attached hydrogen (secondary N) is 2. The molecule has 22 heavy (non-hydrogen) atoms. The maximum Gasteiger partial charge on any atom is 0.253 e. The van der Waals surface area contributed by atoms with Gasteiger partial charge in [0.2, 0.25) is 10.0 Å². The normalized spacial score (nSPS) is 11.0. The summed E-state index contributed by atoms with van der Waals surface area (Å²) in [5.41, 5.74) is 1.40. The second kappa shape index (κ2) is 6.76. The highest BCUT2D eigenvalue weighted by Crippen LogP contribution is 2.11. The lowest BCUT2D eigenvalue weighted by atomic mass is 10.2. The van der Waals surface area contributed by atoms with Gasteiger partial charge in [0.05, 0.1) is 23.7 Å². The van der Waals surface area contributed by atoms with Gasteiger partial charge in [-0.15, -0.1) is 0 Å². The standard InChI is InChI=1S/C14H14ClN3O3S/c1-22(20,21)18-13-6-11(8-16-9-13)14(19)17-7-10-2-4-12(15)5-3-10/h2-6,8-9,18H,7H2,1H3,(H,17,19). The van der Waals surface area contributed by atoms with Crippen LogP contribution in [0.1, 0.15) is 15.9 Å². The van der Waals surface area contributed by atoms with Gasteiger partial charge in [-0.1, -0.05) is 23.7 Å². The summed E-state index contributed by atoms with van der Waals surface area (Å²) < 4.78 is 24.6. The molecular formula is C14H14ClN3O3S. The first-order chi connectivity index (χ1) is 10.3. The molecule has 0 unspecified atom stereocenters. The van der Waals surface area contributed by atoms with Crippen LogP contribution < -0.4 is 10.0 Å². The number of amides is 1. The smallest absolute Gasteiger partial charge is 0.253 e. The molecule has 0 atom stereocenters. The van der Waals surface area contributed by atoms with Crippen LogP contribution in [0.3, 0.4) is 0 Å². The van der Waals surface area contributed by atoms with Crippen LogP contribution in [0.2, 0.25) is 5.02 Å². The zero-order chi connectivity index (χ0) is 16.2. The third-order valence-electron chi connectivity index (χ3n) is 2.67. The lowest BCUT2D eigenvalue weighted by Crippen LogP contribution is -2.23. The van der Waals surface area contributed by atoms with Gasteiger partial charge in [-0.2, -0.15) is 0 Å². The fourth-order valence-corrected chi connectivity index (χ4v) is 2.39. The number of carbonyl (C=O) groups excluding carboxylic acids is 1. The molecular weight excluding hydrogens is 326 g/mol. The molecule has 0 aliphatic carbocycles. The van der Waals surface area contributed by atoms with Crippen LogP contribution in [0.15, 0.2) is 42.7 Å². The van der Waals surface area contributed by atoms with E-state index < -0.39 is 10.0 Å². The number of pyridine rings is 1. The van der Waals surface area contributed by atoms with Gasteiger partial charge in [-0.3, -0.25) is 14.5 Å². The van der Waals surface area contributed by atoms with Gasteiger partial charge in [-0.25, -0.2) is 8.42 Å². The molecule has 1 heterocycles. The third kappa shape index (κ3) is 5.01. The maximum atomic E-state index is 12.0. The quantitative estimate of drug-likeness (QED) is 0.872. The number of halogens is 1. The van der Waals surface area contributed by atoms with Crippen molar-refractivity contribution < 1.29 is 13.2 Å². The van der Waals surface area contributed by atoms with E-state index in [9.17, 15) is 13.2 Å². The molecule has 8 heteroatoms. The van der Waals surface area contributed by atoms with E-state index >= 15 is 0 Å². The van der Waals surface area contributed by atoms with Crippen molar-refractivity contribution in [3.63, 3.8) is 0 Å². The van der Waals surface area contributed by atoms with E-state index in [4.69, 9.17) is 11.6 Å². The topological polar surface area (TPSA) is 88.2 Å². The highest BCUT2D eigenvalue weighted by Gasteiger charge is 2.09. The number of aromatic nitrogens is 1. The first-order valence-corrected chi connectivity index (χ1v) is 8.56. The Morgan fingerprint density at radius 3 is 2.55 bits per heavy atom. The summed E-state index contributed by atoms with van der Waals surface area (Å²) in [5.74, 6) is -0.348. The summed E-state index contributed by atoms with van der Waals surface area (Å²) in [6.07, 6.45) is 3.72. The fourth-order valence-electron chi connectivity index (χ4n) is 1.72. The van der Waals surface area contributed by atoms with Gasteiger partial charge in [0.15, 0.2) is 0 Å². The molecule has 1 aromatic heterocycles. The average Bonchev–Trinajstić information content (AvgIpc) is 2.45. The molecule has 0 bridgehead atoms. The van der Waals surface area contributed by atoms with Crippen LogP contribution in [0.5, 0.6) is 0 Å². The molecule has 1 amide bonds. The molecule has 0 aliphatic heterocycles. The number of nitrogens with zero attached hydrogens (tertiary/aromatic N) is 1. The molecule has 0 saturated carbocycles. The molecule has 0 saturated heterocycles. The lowest BCUT2D eigenvalue weighted by molar-refractivity contribution is 0.0950. The van der Waals surface area contributed by atoms with Crippen LogP contribution in [0.25, 0.3) is 0 Å². The number of rotatable bonds is 5. The van der Waals surface area contributed by atoms with Crippen LogP contribution in [-0.2, 0) is 16.6 Å². The number of sulfonamides is 1. The predicted octanol–water partition coefficient (Wildman–Crippen LogP) is 2.04. The minimum absolute atomic E-state index is 0.238. The Labute approximate surface area is 133 Å². The van der Waals surface area contributed by atoms with Gasteiger partial charge in [0, 0.05) is 17.8 Å². The molecule has 6 nitrogen and oxygen atoms in total. The Morgan fingerprint density at radius 2 is 1.91 bits per heavy atom. The number of carbonyl (C=O) groups is 1. The first kappa shape index (κ1) is 16.3. The largest absolute Gasteiger partial charge is 0.348 e. The number of hydrogen-bond acceptors (Lipinski definition) is 4. The summed E-state index contributed by atoms with van der Waals surface area (Å²) >= 11 is 5.79. The summed E-state index contributed by atoms with van der Waals surface area (Å²) in [4.78, 5) is 15.9. The van der Waals surface area contributed by atoms with E-state index in [1.807, 2.05) is 12.1 Å². The van der Waals surface area contributed by atoms with E-state index in [1.165, 1.54) is 18.5 Å². The molecule has 2 rings (SSSR count). The minimum atomic E-state index is -3.41. The number of benzene rings is 1. The van der Waals surface area contributed by atoms with E-state index in [-0.39, 0.29) is 17.2 Å². The summed E-state index contributed by atoms with van der Waals surface area (Å²) in [7, 11) is -3.41. The molecule has 1 aromatic carbocycles. The molecule has 2 aromatic rings. The zero-order valence-corrected chi connectivity index (χ0v) is 13.3. The predicted molar refractivity (Wildman–Crippen MR) is 85.3 cm³/mol. The summed E-state index contributed by atoms with van der Waals surface area (Å²) in [6.45, 7) is 0.333. The highest BCUT2D eigenvalue weighted by molar-refractivity contribution is 7.92. The van der Waals surface area contributed by atoms with Crippen molar-refractivity contribution in [1.82, 2.24) is 10.3 Å². The zero-order valence-electron chi connectivity index (χ0n) is 11.7. The Balaban J connectivity index is 2.03. The van der Waals surface area contributed by atoms with Crippen LogP contribution in [-0.4, -0.2) is 25.6 Å². The van der Waals surface area contributed by atoms with Crippen molar-refractivity contribution in [3.05, 3.63) is 58.9 Å². The maximum absolute atomic E-state index is 12.0. The second-order valence-electron chi connectivity index (χ2n) is 4.65. The first-order valence-electron chi connectivity index (χ1n) is 6.29. The van der Waals surface area contributed by atoms with Gasteiger partial charge in [0.25, 0.3) is 5.91 Å². The molecule has 2 N–H and O–H groups in total. The van der Waals surface area contributed by atoms with Crippen LogP contribution >= 0.6 is 11.6 Å². The van der Waals surface area contributed by atoms with Crippen LogP contribution in [0.4, 0.5) is 5.69 Å². The lowest BCUT2D eigenvalue weighted by Gasteiger charge is -2.07. The molecule has 0 fully saturated rings. The Bertz CT molecular complexity index is 776. The Morgan fingerprint density at radius 1 is 1.23 bits per heavy atom. The van der Waals surface area contributed by atoms with E-state index in [0.717, 1.165) is 11.8 Å². The second-order valence-corrected chi connectivity index (χ2v) is 6.83. The van der Waals surface area contributed by atoms with Crippen molar-refractivity contribution in [3.8, 4) is 0 Å². The van der Waals surface area contributed by atoms with Crippen molar-refractivity contribution in [2.75, 3.05) is 11.0 Å². The average molecular weight is 340 g/mol. The van der Waals surface area contributed by atoms with E-state index in [1.54, 1.807) is 12.1 Å². The van der Waals surface area contributed by atoms with Gasteiger partial charge < -0.3 is 5.32 Å². The summed E-state index contributed by atoms with van der Waals surface area (Å²) in [6, 6.07) is 8.51. The minimum Gasteiger partial charge on any atom is -0.348 e. The fraction of sp³-hybridized carbons (Fsp3) is 0.143. The molecule has 0 spiro atoms. The Kier molecular flexibility index (Phi) is 4.99. The van der Waals surface area contributed by atoms with Gasteiger partial charge in [-0.05, 0) is 23.8 Å². The molecule has 116 valence electrons. The van der Waals surface area contributed by atoms with Crippen molar-refractivity contribution in [1.29, 1.82) is 0 Å².